The Hall–Kier alpha value is -3.39. The number of nitrogens with zero attached hydrogens (tertiary/aromatic N) is 6. The molecule has 0 saturated carbocycles. The van der Waals surface area contributed by atoms with Crippen LogP contribution in [0.3, 0.4) is 0 Å². The number of halogens is 1. The first-order valence-electron chi connectivity index (χ1n) is 11.8. The van der Waals surface area contributed by atoms with Gasteiger partial charge < -0.3 is 14.2 Å². The Morgan fingerprint density at radius 1 is 1.09 bits per heavy atom. The Labute approximate surface area is 197 Å². The molecule has 1 unspecified atom stereocenters. The lowest BCUT2D eigenvalue weighted by atomic mass is 9.75. The number of piperidine rings is 3. The molecular weight excluding hydrogens is 431 g/mol. The quantitative estimate of drug-likeness (QED) is 0.447. The number of aryl methyl sites for hydroxylation is 1. The van der Waals surface area contributed by atoms with Gasteiger partial charge in [0.05, 0.1) is 25.5 Å². The van der Waals surface area contributed by atoms with Gasteiger partial charge in [0.2, 0.25) is 0 Å². The van der Waals surface area contributed by atoms with E-state index in [0.717, 1.165) is 18.0 Å². The summed E-state index contributed by atoms with van der Waals surface area (Å²) in [4.78, 5) is 20.4. The number of methoxy groups -OCH3 is 1. The molecule has 1 aromatic carbocycles. The number of fused-ring (bicyclic) bond motifs is 4. The first-order valence-corrected chi connectivity index (χ1v) is 11.8. The van der Waals surface area contributed by atoms with Crippen molar-refractivity contribution in [3.8, 4) is 17.4 Å². The third kappa shape index (κ3) is 3.72. The second-order valence-corrected chi connectivity index (χ2v) is 9.37. The summed E-state index contributed by atoms with van der Waals surface area (Å²) in [6, 6.07) is 10.6. The Morgan fingerprint density at radius 2 is 1.94 bits per heavy atom. The number of rotatable bonds is 5. The summed E-state index contributed by atoms with van der Waals surface area (Å²) in [5.41, 5.74) is 5.21. The third-order valence-corrected chi connectivity index (χ3v) is 7.27. The minimum absolute atomic E-state index is 0.288. The Balaban J connectivity index is 1.44. The molecule has 0 aliphatic carbocycles. The molecule has 7 nitrogen and oxygen atoms in total. The van der Waals surface area contributed by atoms with Crippen LogP contribution in [-0.2, 0) is 6.54 Å². The van der Waals surface area contributed by atoms with Crippen molar-refractivity contribution in [2.24, 2.45) is 5.92 Å². The molecule has 1 atom stereocenters. The van der Waals surface area contributed by atoms with Gasteiger partial charge in [-0.2, -0.15) is 9.97 Å². The van der Waals surface area contributed by atoms with Crippen LogP contribution in [0.25, 0.3) is 22.6 Å². The maximum atomic E-state index is 14.0. The standard InChI is InChI=1S/C26H27FN6O/c1-16-23-25(31-26(29-16)34-2)33(24(30-23)20-11-21(27)13-28-12-20)14-17-4-3-5-19(10-17)22-15-32-8-6-18(22)7-9-32/h3-5,10-13,18,22H,6-9,14-15H2,1-2H3. The number of hydrogen-bond acceptors (Lipinski definition) is 6. The summed E-state index contributed by atoms with van der Waals surface area (Å²) in [5, 5.41) is 0. The molecule has 34 heavy (non-hydrogen) atoms. The molecule has 3 saturated heterocycles. The molecule has 3 aliphatic rings. The van der Waals surface area contributed by atoms with E-state index in [1.54, 1.807) is 13.3 Å². The zero-order chi connectivity index (χ0) is 23.2. The summed E-state index contributed by atoms with van der Waals surface area (Å²) in [6.07, 6.45) is 5.40. The highest BCUT2D eigenvalue weighted by Crippen LogP contribution is 2.39. The van der Waals surface area contributed by atoms with Crippen molar-refractivity contribution in [3.05, 3.63) is 65.4 Å². The Kier molecular flexibility index (Phi) is 5.25. The van der Waals surface area contributed by atoms with Gasteiger partial charge in [0.1, 0.15) is 17.2 Å². The Morgan fingerprint density at radius 3 is 2.68 bits per heavy atom. The second kappa shape index (κ2) is 8.43. The molecule has 0 amide bonds. The van der Waals surface area contributed by atoms with Gasteiger partial charge in [-0.05, 0) is 61.9 Å². The predicted molar refractivity (Wildman–Crippen MR) is 127 cm³/mol. The third-order valence-electron chi connectivity index (χ3n) is 7.27. The Bertz CT molecular complexity index is 1360. The van der Waals surface area contributed by atoms with E-state index < -0.39 is 5.82 Å². The SMILES string of the molecule is COc1nc(C)c2nc(-c3cncc(F)c3)n(Cc3cccc(C4CN5CCC4CC5)c3)c2n1. The number of benzene rings is 1. The van der Waals surface area contributed by atoms with Crippen molar-refractivity contribution in [3.63, 3.8) is 0 Å². The number of pyridine rings is 1. The topological polar surface area (TPSA) is 69.0 Å². The zero-order valence-electron chi connectivity index (χ0n) is 19.4. The van der Waals surface area contributed by atoms with E-state index in [2.05, 4.69) is 44.1 Å². The van der Waals surface area contributed by atoms with Crippen LogP contribution in [0.15, 0.2) is 42.7 Å². The maximum absolute atomic E-state index is 14.0. The molecule has 4 aromatic rings. The van der Waals surface area contributed by atoms with Crippen LogP contribution in [0.5, 0.6) is 6.01 Å². The van der Waals surface area contributed by atoms with E-state index >= 15 is 0 Å². The molecule has 2 bridgehead atoms. The van der Waals surface area contributed by atoms with E-state index in [1.807, 2.05) is 11.5 Å². The summed E-state index contributed by atoms with van der Waals surface area (Å²) in [7, 11) is 1.55. The van der Waals surface area contributed by atoms with Crippen LogP contribution in [0, 0.1) is 18.7 Å². The summed E-state index contributed by atoms with van der Waals surface area (Å²) >= 11 is 0. The van der Waals surface area contributed by atoms with Gasteiger partial charge in [-0.1, -0.05) is 24.3 Å². The predicted octanol–water partition coefficient (Wildman–Crippen LogP) is 4.20. The smallest absolute Gasteiger partial charge is 0.318 e. The van der Waals surface area contributed by atoms with E-state index in [0.29, 0.717) is 40.7 Å². The van der Waals surface area contributed by atoms with E-state index in [1.165, 1.54) is 43.8 Å². The lowest BCUT2D eigenvalue weighted by molar-refractivity contribution is 0.0871. The van der Waals surface area contributed by atoms with Crippen molar-refractivity contribution in [2.45, 2.75) is 32.2 Å². The summed E-state index contributed by atoms with van der Waals surface area (Å²) in [6.45, 7) is 6.04. The monoisotopic (exact) mass is 458 g/mol. The van der Waals surface area contributed by atoms with Crippen LogP contribution in [-0.4, -0.2) is 56.1 Å². The lowest BCUT2D eigenvalue weighted by Crippen LogP contribution is -2.46. The number of ether oxygens (including phenoxy) is 1. The molecule has 3 aromatic heterocycles. The molecule has 0 N–H and O–H groups in total. The summed E-state index contributed by atoms with van der Waals surface area (Å²) in [5.74, 6) is 1.56. The molecule has 3 fully saturated rings. The fraction of sp³-hybridized carbons (Fsp3) is 0.385. The molecule has 3 aliphatic heterocycles. The van der Waals surface area contributed by atoms with E-state index in [4.69, 9.17) is 9.72 Å². The molecular formula is C26H27FN6O. The summed E-state index contributed by atoms with van der Waals surface area (Å²) < 4.78 is 21.4. The van der Waals surface area contributed by atoms with Crippen LogP contribution in [0.4, 0.5) is 4.39 Å². The van der Waals surface area contributed by atoms with Crippen molar-refractivity contribution in [2.75, 3.05) is 26.7 Å². The fourth-order valence-electron chi connectivity index (χ4n) is 5.56. The average Bonchev–Trinajstić information content (AvgIpc) is 3.23. The number of aromatic nitrogens is 5. The number of hydrogen-bond donors (Lipinski definition) is 0. The van der Waals surface area contributed by atoms with Crippen LogP contribution >= 0.6 is 0 Å². The van der Waals surface area contributed by atoms with Gasteiger partial charge in [0.25, 0.3) is 0 Å². The van der Waals surface area contributed by atoms with Gasteiger partial charge in [0.15, 0.2) is 5.65 Å². The maximum Gasteiger partial charge on any atom is 0.318 e. The minimum atomic E-state index is -0.402. The molecule has 7 rings (SSSR count). The second-order valence-electron chi connectivity index (χ2n) is 9.37. The van der Waals surface area contributed by atoms with Crippen LogP contribution in [0.2, 0.25) is 0 Å². The van der Waals surface area contributed by atoms with Crippen molar-refractivity contribution in [1.82, 2.24) is 29.4 Å². The molecule has 0 spiro atoms. The molecule has 0 radical (unpaired) electrons. The van der Waals surface area contributed by atoms with Crippen molar-refractivity contribution >= 4 is 11.2 Å². The van der Waals surface area contributed by atoms with E-state index in [-0.39, 0.29) is 6.01 Å². The van der Waals surface area contributed by atoms with Gasteiger partial charge in [-0.15, -0.1) is 0 Å². The molecule has 174 valence electrons. The number of imidazole rings is 1. The minimum Gasteiger partial charge on any atom is -0.467 e. The lowest BCUT2D eigenvalue weighted by Gasteiger charge is -2.45. The van der Waals surface area contributed by atoms with Gasteiger partial charge in [-0.25, -0.2) is 9.37 Å². The first-order chi connectivity index (χ1) is 16.6. The fourth-order valence-corrected chi connectivity index (χ4v) is 5.56. The molecule has 6 heterocycles. The van der Waals surface area contributed by atoms with E-state index in [9.17, 15) is 4.39 Å². The highest BCUT2D eigenvalue weighted by molar-refractivity contribution is 5.79. The highest BCUT2D eigenvalue weighted by Gasteiger charge is 2.34. The van der Waals surface area contributed by atoms with Crippen LogP contribution < -0.4 is 4.74 Å². The normalized spacial score (nSPS) is 21.8. The zero-order valence-corrected chi connectivity index (χ0v) is 19.4. The van der Waals surface area contributed by atoms with Crippen molar-refractivity contribution in [1.29, 1.82) is 0 Å². The van der Waals surface area contributed by atoms with Gasteiger partial charge in [0, 0.05) is 18.3 Å². The van der Waals surface area contributed by atoms with Gasteiger partial charge >= 0.3 is 6.01 Å². The molecule has 8 heteroatoms. The van der Waals surface area contributed by atoms with Gasteiger partial charge in [-0.3, -0.25) is 4.98 Å². The van der Waals surface area contributed by atoms with Crippen LogP contribution in [0.1, 0.15) is 35.6 Å². The first kappa shape index (κ1) is 21.2. The van der Waals surface area contributed by atoms with Crippen molar-refractivity contribution < 1.29 is 9.13 Å². The average molecular weight is 459 g/mol. The highest BCUT2D eigenvalue weighted by atomic mass is 19.1. The largest absolute Gasteiger partial charge is 0.467 e.